The minimum absolute atomic E-state index is 0.504. The summed E-state index contributed by atoms with van der Waals surface area (Å²) in [5, 5.41) is 13.5. The molecule has 0 saturated carbocycles. The zero-order valence-corrected chi connectivity index (χ0v) is 40.3. The van der Waals surface area contributed by atoms with Crippen molar-refractivity contribution in [2.24, 2.45) is 0 Å². The van der Waals surface area contributed by atoms with Gasteiger partial charge in [-0.15, -0.1) is 0 Å². The summed E-state index contributed by atoms with van der Waals surface area (Å²) in [6, 6.07) is 88.7. The smallest absolute Gasteiger partial charge is 0.170 e. The molecule has 0 radical (unpaired) electrons. The van der Waals surface area contributed by atoms with Crippen LogP contribution in [0.3, 0.4) is 0 Å². The average Bonchev–Trinajstić information content (AvgIpc) is 4.14. The number of nitrogens with zero attached hydrogens (tertiary/aromatic N) is 5. The first-order chi connectivity index (χ1) is 37.2. The van der Waals surface area contributed by atoms with E-state index in [1.165, 1.54) is 16.2 Å². The van der Waals surface area contributed by atoms with E-state index < -0.39 is 0 Å². The van der Waals surface area contributed by atoms with Gasteiger partial charge in [-0.2, -0.15) is 0 Å². The highest BCUT2D eigenvalue weighted by Gasteiger charge is 2.26. The lowest BCUT2D eigenvalue weighted by Gasteiger charge is -2.16. The van der Waals surface area contributed by atoms with Gasteiger partial charge in [0.25, 0.3) is 0 Å². The van der Waals surface area contributed by atoms with Gasteiger partial charge < -0.3 is 13.6 Å². The topological polar surface area (TPSA) is 61.7 Å². The molecule has 0 spiro atoms. The predicted molar refractivity (Wildman–Crippen MR) is 310 cm³/mol. The molecule has 348 valence electrons. The van der Waals surface area contributed by atoms with Crippen LogP contribution >= 0.6 is 0 Å². The molecule has 6 nitrogen and oxygen atoms in total. The first-order valence-electron chi connectivity index (χ1n) is 25.4. The monoisotopic (exact) mass is 955 g/mol. The third-order valence-corrected chi connectivity index (χ3v) is 15.3. The molecular weight excluding hydrogens is 915 g/mol. The Hall–Kier alpha value is -10.2. The van der Waals surface area contributed by atoms with Gasteiger partial charge in [0.05, 0.1) is 33.3 Å². The molecule has 0 N–H and O–H groups in total. The van der Waals surface area contributed by atoms with Crippen molar-refractivity contribution < 1.29 is 4.42 Å². The molecule has 0 aliphatic heterocycles. The number of furan rings is 1. The third kappa shape index (κ3) is 6.43. The second kappa shape index (κ2) is 16.2. The van der Waals surface area contributed by atoms with Crippen LogP contribution in [0.2, 0.25) is 0 Å². The lowest BCUT2D eigenvalue weighted by molar-refractivity contribution is 0.673. The van der Waals surface area contributed by atoms with E-state index in [0.29, 0.717) is 23.1 Å². The molecule has 0 unspecified atom stereocenters. The van der Waals surface area contributed by atoms with Gasteiger partial charge in [-0.3, -0.25) is 0 Å². The van der Waals surface area contributed by atoms with Crippen LogP contribution in [0.15, 0.2) is 253 Å². The van der Waals surface area contributed by atoms with Gasteiger partial charge in [-0.05, 0) is 111 Å². The second-order valence-corrected chi connectivity index (χ2v) is 19.5. The van der Waals surface area contributed by atoms with Crippen LogP contribution in [-0.4, -0.2) is 24.1 Å². The molecular formula is C69H41N5O. The number of rotatable bonds is 6. The molecule has 6 heteroatoms. The zero-order chi connectivity index (χ0) is 49.1. The van der Waals surface area contributed by atoms with Crippen molar-refractivity contribution in [3.8, 4) is 56.7 Å². The third-order valence-electron chi connectivity index (χ3n) is 15.3. The maximum atomic E-state index is 7.36. The highest BCUT2D eigenvalue weighted by molar-refractivity contribution is 6.20. The van der Waals surface area contributed by atoms with Crippen molar-refractivity contribution in [1.29, 1.82) is 0 Å². The van der Waals surface area contributed by atoms with Crippen LogP contribution in [0.25, 0.3) is 155 Å². The van der Waals surface area contributed by atoms with Crippen LogP contribution in [0.4, 0.5) is 0 Å². The maximum Gasteiger partial charge on any atom is 0.170 e. The Morgan fingerprint density at radius 1 is 0.267 bits per heavy atom. The Morgan fingerprint density at radius 3 is 1.49 bits per heavy atom. The summed E-state index contributed by atoms with van der Waals surface area (Å²) in [6.45, 7) is 0. The molecule has 12 aromatic carbocycles. The van der Waals surface area contributed by atoms with Gasteiger partial charge in [-0.1, -0.05) is 176 Å². The Bertz CT molecular complexity index is 4920. The van der Waals surface area contributed by atoms with E-state index in [1.54, 1.807) is 0 Å². The van der Waals surface area contributed by atoms with Crippen molar-refractivity contribution in [2.75, 3.05) is 0 Å². The molecule has 16 rings (SSSR count). The van der Waals surface area contributed by atoms with E-state index in [2.05, 4.69) is 252 Å². The molecule has 16 aromatic rings. The fraction of sp³-hybridized carbons (Fsp3) is 0. The standard InChI is InChI=1S/C69H41N5O/c1-3-16-42(17-4-1)44-23-15-24-49(36-44)67-70-68(50-31-32-54-53-28-13-14-29-59(53)73(61(54)41-50)51-25-5-2-6-26-51)72-69(71-67)64-60(35-34-56-55-33-30-43-18-11-12-27-52(43)65(55)75-66(56)64)74-62-39-47-21-9-7-19-45(47)37-57(62)58-38-46-20-8-10-22-48(46)40-63(58)74/h1-41H. The van der Waals surface area contributed by atoms with Gasteiger partial charge in [-0.25, -0.2) is 15.0 Å². The number of fused-ring (bicyclic) bond motifs is 13. The molecule has 4 aromatic heterocycles. The second-order valence-electron chi connectivity index (χ2n) is 19.5. The first-order valence-corrected chi connectivity index (χ1v) is 25.4. The summed E-state index contributed by atoms with van der Waals surface area (Å²) in [4.78, 5) is 16.7. The minimum Gasteiger partial charge on any atom is -0.455 e. The van der Waals surface area contributed by atoms with Crippen LogP contribution < -0.4 is 0 Å². The van der Waals surface area contributed by atoms with Crippen molar-refractivity contribution in [3.05, 3.63) is 249 Å². The number of benzene rings is 12. The molecule has 4 heterocycles. The van der Waals surface area contributed by atoms with Crippen LogP contribution in [-0.2, 0) is 0 Å². The molecule has 75 heavy (non-hydrogen) atoms. The molecule has 0 bridgehead atoms. The first kappa shape index (κ1) is 41.4. The Morgan fingerprint density at radius 2 is 0.773 bits per heavy atom. The molecule has 0 aliphatic rings. The van der Waals surface area contributed by atoms with Crippen molar-refractivity contribution >= 4 is 97.9 Å². The fourth-order valence-corrected chi connectivity index (χ4v) is 11.8. The maximum absolute atomic E-state index is 7.36. The summed E-state index contributed by atoms with van der Waals surface area (Å²) in [6.07, 6.45) is 0. The normalized spacial score (nSPS) is 12.0. The van der Waals surface area contributed by atoms with Crippen molar-refractivity contribution in [1.82, 2.24) is 24.1 Å². The number of aromatic nitrogens is 5. The van der Waals surface area contributed by atoms with Gasteiger partial charge in [0, 0.05) is 54.5 Å². The van der Waals surface area contributed by atoms with Gasteiger partial charge in [0.15, 0.2) is 17.5 Å². The van der Waals surface area contributed by atoms with Gasteiger partial charge in [0.1, 0.15) is 11.2 Å². The summed E-state index contributed by atoms with van der Waals surface area (Å²) >= 11 is 0. The number of hydrogen-bond donors (Lipinski definition) is 0. The molecule has 0 amide bonds. The fourth-order valence-electron chi connectivity index (χ4n) is 11.8. The van der Waals surface area contributed by atoms with E-state index in [-0.39, 0.29) is 0 Å². The Balaban J connectivity index is 1.04. The summed E-state index contributed by atoms with van der Waals surface area (Å²) < 4.78 is 12.1. The van der Waals surface area contributed by atoms with E-state index >= 15 is 0 Å². The summed E-state index contributed by atoms with van der Waals surface area (Å²) in [7, 11) is 0. The summed E-state index contributed by atoms with van der Waals surface area (Å²) in [5.41, 5.74) is 12.5. The molecule has 0 atom stereocenters. The van der Waals surface area contributed by atoms with E-state index in [1.807, 2.05) is 6.07 Å². The molecule has 0 saturated heterocycles. The van der Waals surface area contributed by atoms with Crippen molar-refractivity contribution in [2.45, 2.75) is 0 Å². The Kier molecular flexibility index (Phi) is 8.94. The molecule has 0 fully saturated rings. The lowest BCUT2D eigenvalue weighted by atomic mass is 10.0. The summed E-state index contributed by atoms with van der Waals surface area (Å²) in [5.74, 6) is 1.61. The number of hydrogen-bond acceptors (Lipinski definition) is 4. The SMILES string of the molecule is c1ccc(-c2cccc(-c3nc(-c4ccc5c6ccccc6n(-c6ccccc6)c5c4)nc(-c4c(-n5c6cc7ccccc7cc6c6cc7ccccc7cc65)ccc5c4oc4c6ccccc6ccc54)n3)c2)cc1. The Labute approximate surface area is 429 Å². The van der Waals surface area contributed by atoms with Crippen LogP contribution in [0.5, 0.6) is 0 Å². The average molecular weight is 956 g/mol. The van der Waals surface area contributed by atoms with Gasteiger partial charge >= 0.3 is 0 Å². The zero-order valence-electron chi connectivity index (χ0n) is 40.3. The minimum atomic E-state index is 0.504. The van der Waals surface area contributed by atoms with Gasteiger partial charge in [0.2, 0.25) is 0 Å². The molecule has 0 aliphatic carbocycles. The van der Waals surface area contributed by atoms with Crippen LogP contribution in [0.1, 0.15) is 0 Å². The van der Waals surface area contributed by atoms with E-state index in [4.69, 9.17) is 19.4 Å². The highest BCUT2D eigenvalue weighted by Crippen LogP contribution is 2.46. The van der Waals surface area contributed by atoms with Crippen molar-refractivity contribution in [3.63, 3.8) is 0 Å². The highest BCUT2D eigenvalue weighted by atomic mass is 16.3. The quantitative estimate of drug-likeness (QED) is 0.167. The van der Waals surface area contributed by atoms with E-state index in [0.717, 1.165) is 115 Å². The number of para-hydroxylation sites is 2. The lowest BCUT2D eigenvalue weighted by Crippen LogP contribution is -2.04. The largest absolute Gasteiger partial charge is 0.455 e. The van der Waals surface area contributed by atoms with E-state index in [9.17, 15) is 0 Å². The van der Waals surface area contributed by atoms with Crippen LogP contribution in [0, 0.1) is 0 Å². The predicted octanol–water partition coefficient (Wildman–Crippen LogP) is 18.1.